The Balaban J connectivity index is 1.99. The number of rotatable bonds is 6. The van der Waals surface area contributed by atoms with E-state index >= 15 is 0 Å². The van der Waals surface area contributed by atoms with Crippen LogP contribution in [0, 0.1) is 11.6 Å². The van der Waals surface area contributed by atoms with Crippen molar-refractivity contribution in [1.29, 1.82) is 0 Å². The van der Waals surface area contributed by atoms with Crippen LogP contribution in [0.3, 0.4) is 0 Å². The molecule has 25 heavy (non-hydrogen) atoms. The summed E-state index contributed by atoms with van der Waals surface area (Å²) < 4.78 is 31.4. The van der Waals surface area contributed by atoms with Crippen molar-refractivity contribution in [3.8, 4) is 5.75 Å². The number of nitrogens with zero attached hydrogens (tertiary/aromatic N) is 1. The first kappa shape index (κ1) is 18.7. The zero-order valence-electron chi connectivity index (χ0n) is 14.3. The summed E-state index contributed by atoms with van der Waals surface area (Å²) in [5.41, 5.74) is 1.06. The molecule has 5 nitrogen and oxygen atoms in total. The van der Waals surface area contributed by atoms with E-state index in [0.29, 0.717) is 6.54 Å². The summed E-state index contributed by atoms with van der Waals surface area (Å²) in [6.07, 6.45) is 0. The molecular formula is C18H21F2N3O2. The van der Waals surface area contributed by atoms with Gasteiger partial charge in [-0.05, 0) is 43.9 Å². The predicted octanol–water partition coefficient (Wildman–Crippen LogP) is 3.40. The molecule has 0 fully saturated rings. The number of benzene rings is 2. The lowest BCUT2D eigenvalue weighted by molar-refractivity contribution is 0.243. The standard InChI is InChI=1S/C18H21F2N3O2/c1-23(2)17(12-4-6-16(25-3)7-5-12)11-21-18(24)22-15-9-13(19)8-14(20)10-15/h4-10,17H,11H2,1-3H3,(H2,21,22,24). The van der Waals surface area contributed by atoms with Gasteiger partial charge in [0, 0.05) is 18.3 Å². The molecule has 0 radical (unpaired) electrons. The molecule has 2 N–H and O–H groups in total. The van der Waals surface area contributed by atoms with Crippen molar-refractivity contribution in [3.05, 3.63) is 59.7 Å². The summed E-state index contributed by atoms with van der Waals surface area (Å²) in [6, 6.07) is 9.78. The molecule has 1 unspecified atom stereocenters. The average Bonchev–Trinajstić information content (AvgIpc) is 2.54. The number of hydrogen-bond acceptors (Lipinski definition) is 3. The Hall–Kier alpha value is -2.67. The van der Waals surface area contributed by atoms with Crippen LogP contribution in [0.4, 0.5) is 19.3 Å². The Bertz CT molecular complexity index is 701. The number of nitrogens with one attached hydrogen (secondary N) is 2. The number of carbonyl (C=O) groups excluding carboxylic acids is 1. The zero-order valence-corrected chi connectivity index (χ0v) is 14.3. The third kappa shape index (κ3) is 5.42. The number of methoxy groups -OCH3 is 1. The normalized spacial score (nSPS) is 11.9. The van der Waals surface area contributed by atoms with Crippen LogP contribution in [0.15, 0.2) is 42.5 Å². The highest BCUT2D eigenvalue weighted by atomic mass is 19.1. The monoisotopic (exact) mass is 349 g/mol. The van der Waals surface area contributed by atoms with E-state index < -0.39 is 17.7 Å². The lowest BCUT2D eigenvalue weighted by Crippen LogP contribution is -2.36. The van der Waals surface area contributed by atoms with Crippen molar-refractivity contribution in [2.24, 2.45) is 0 Å². The SMILES string of the molecule is COc1ccc(C(CNC(=O)Nc2cc(F)cc(F)c2)N(C)C)cc1. The van der Waals surface area contributed by atoms with E-state index in [0.717, 1.165) is 29.5 Å². The molecule has 0 aliphatic heterocycles. The molecule has 0 bridgehead atoms. The summed E-state index contributed by atoms with van der Waals surface area (Å²) in [7, 11) is 5.40. The number of ether oxygens (including phenoxy) is 1. The first-order chi connectivity index (χ1) is 11.9. The molecule has 0 spiro atoms. The lowest BCUT2D eigenvalue weighted by Gasteiger charge is -2.25. The maximum absolute atomic E-state index is 13.2. The molecular weight excluding hydrogens is 328 g/mol. The molecule has 2 aromatic carbocycles. The number of carbonyl (C=O) groups is 1. The summed E-state index contributed by atoms with van der Waals surface area (Å²) in [5, 5.41) is 5.13. The van der Waals surface area contributed by atoms with E-state index in [9.17, 15) is 13.6 Å². The second-order valence-corrected chi connectivity index (χ2v) is 5.75. The Morgan fingerprint density at radius 1 is 1.12 bits per heavy atom. The Labute approximate surface area is 145 Å². The Morgan fingerprint density at radius 3 is 2.24 bits per heavy atom. The number of anilines is 1. The maximum atomic E-state index is 13.2. The highest BCUT2D eigenvalue weighted by Gasteiger charge is 2.15. The third-order valence-electron chi connectivity index (χ3n) is 3.70. The summed E-state index contributed by atoms with van der Waals surface area (Å²) in [5.74, 6) is -0.750. The Kier molecular flexibility index (Phi) is 6.30. The molecule has 1 atom stereocenters. The molecule has 0 heterocycles. The molecule has 2 rings (SSSR count). The fourth-order valence-corrected chi connectivity index (χ4v) is 2.42. The molecule has 7 heteroatoms. The highest BCUT2D eigenvalue weighted by molar-refractivity contribution is 5.89. The minimum absolute atomic E-state index is 0.0563. The van der Waals surface area contributed by atoms with Crippen molar-refractivity contribution in [2.45, 2.75) is 6.04 Å². The van der Waals surface area contributed by atoms with E-state index in [4.69, 9.17) is 4.74 Å². The van der Waals surface area contributed by atoms with Gasteiger partial charge in [-0.3, -0.25) is 0 Å². The molecule has 0 saturated heterocycles. The van der Waals surface area contributed by atoms with Gasteiger partial charge in [0.2, 0.25) is 0 Å². The fourth-order valence-electron chi connectivity index (χ4n) is 2.42. The molecule has 0 aliphatic rings. The van der Waals surface area contributed by atoms with Crippen LogP contribution in [0.5, 0.6) is 5.75 Å². The van der Waals surface area contributed by atoms with Gasteiger partial charge in [0.1, 0.15) is 17.4 Å². The van der Waals surface area contributed by atoms with Gasteiger partial charge in [-0.2, -0.15) is 0 Å². The van der Waals surface area contributed by atoms with Crippen LogP contribution in [-0.4, -0.2) is 38.7 Å². The quantitative estimate of drug-likeness (QED) is 0.840. The number of hydrogen-bond donors (Lipinski definition) is 2. The number of amides is 2. The van der Waals surface area contributed by atoms with Gasteiger partial charge in [0.25, 0.3) is 0 Å². The third-order valence-corrected chi connectivity index (χ3v) is 3.70. The first-order valence-corrected chi connectivity index (χ1v) is 7.70. The zero-order chi connectivity index (χ0) is 18.4. The fraction of sp³-hybridized carbons (Fsp3) is 0.278. The summed E-state index contributed by atoms with van der Waals surface area (Å²) in [4.78, 5) is 14.0. The van der Waals surface area contributed by atoms with Crippen LogP contribution in [0.2, 0.25) is 0 Å². The Morgan fingerprint density at radius 2 is 1.72 bits per heavy atom. The van der Waals surface area contributed by atoms with Gasteiger partial charge in [0.15, 0.2) is 0 Å². The minimum Gasteiger partial charge on any atom is -0.497 e. The molecule has 0 aliphatic carbocycles. The molecule has 2 aromatic rings. The van der Waals surface area contributed by atoms with E-state index in [1.807, 2.05) is 43.3 Å². The summed E-state index contributed by atoms with van der Waals surface area (Å²) >= 11 is 0. The van der Waals surface area contributed by atoms with Crippen LogP contribution in [0.25, 0.3) is 0 Å². The van der Waals surface area contributed by atoms with Gasteiger partial charge < -0.3 is 20.3 Å². The van der Waals surface area contributed by atoms with E-state index in [-0.39, 0.29) is 11.7 Å². The van der Waals surface area contributed by atoms with Gasteiger partial charge in [-0.1, -0.05) is 12.1 Å². The van der Waals surface area contributed by atoms with Crippen molar-refractivity contribution in [3.63, 3.8) is 0 Å². The maximum Gasteiger partial charge on any atom is 0.319 e. The second kappa shape index (κ2) is 8.43. The smallest absolute Gasteiger partial charge is 0.319 e. The van der Waals surface area contributed by atoms with Gasteiger partial charge in [-0.15, -0.1) is 0 Å². The van der Waals surface area contributed by atoms with Crippen molar-refractivity contribution >= 4 is 11.7 Å². The van der Waals surface area contributed by atoms with E-state index in [1.165, 1.54) is 0 Å². The predicted molar refractivity (Wildman–Crippen MR) is 92.8 cm³/mol. The van der Waals surface area contributed by atoms with Crippen molar-refractivity contribution in [2.75, 3.05) is 33.1 Å². The lowest BCUT2D eigenvalue weighted by atomic mass is 10.1. The van der Waals surface area contributed by atoms with E-state index in [1.54, 1.807) is 7.11 Å². The van der Waals surface area contributed by atoms with Crippen LogP contribution in [0.1, 0.15) is 11.6 Å². The second-order valence-electron chi connectivity index (χ2n) is 5.75. The molecule has 2 amide bonds. The minimum atomic E-state index is -0.750. The number of halogens is 2. The van der Waals surface area contributed by atoms with Crippen LogP contribution < -0.4 is 15.4 Å². The topological polar surface area (TPSA) is 53.6 Å². The van der Waals surface area contributed by atoms with Gasteiger partial charge in [0.05, 0.1) is 13.2 Å². The van der Waals surface area contributed by atoms with Crippen LogP contribution >= 0.6 is 0 Å². The molecule has 134 valence electrons. The van der Waals surface area contributed by atoms with Gasteiger partial charge in [-0.25, -0.2) is 13.6 Å². The summed E-state index contributed by atoms with van der Waals surface area (Å²) in [6.45, 7) is 0.322. The van der Waals surface area contributed by atoms with E-state index in [2.05, 4.69) is 10.6 Å². The number of urea groups is 1. The van der Waals surface area contributed by atoms with Gasteiger partial charge >= 0.3 is 6.03 Å². The molecule has 0 aromatic heterocycles. The number of likely N-dealkylation sites (N-methyl/N-ethyl adjacent to an activating group) is 1. The largest absolute Gasteiger partial charge is 0.497 e. The highest BCUT2D eigenvalue weighted by Crippen LogP contribution is 2.21. The average molecular weight is 349 g/mol. The first-order valence-electron chi connectivity index (χ1n) is 7.70. The van der Waals surface area contributed by atoms with Crippen molar-refractivity contribution in [1.82, 2.24) is 10.2 Å². The molecule has 0 saturated carbocycles. The van der Waals surface area contributed by atoms with Crippen molar-refractivity contribution < 1.29 is 18.3 Å². The van der Waals surface area contributed by atoms with Crippen LogP contribution in [-0.2, 0) is 0 Å².